The van der Waals surface area contributed by atoms with E-state index >= 15 is 0 Å². The van der Waals surface area contributed by atoms with E-state index in [1.807, 2.05) is 24.7 Å². The van der Waals surface area contributed by atoms with Crippen LogP contribution in [0.4, 0.5) is 10.1 Å². The fourth-order valence-corrected chi connectivity index (χ4v) is 2.60. The van der Waals surface area contributed by atoms with Crippen molar-refractivity contribution >= 4 is 17.4 Å². The molecule has 1 aromatic heterocycles. The molecule has 0 saturated heterocycles. The summed E-state index contributed by atoms with van der Waals surface area (Å²) in [4.78, 5) is 0. The predicted octanol–water partition coefficient (Wildman–Crippen LogP) is 2.74. The predicted molar refractivity (Wildman–Crippen MR) is 68.3 cm³/mol. The number of hydrogen-bond donors (Lipinski definition) is 1. The molecule has 0 radical (unpaired) electrons. The molecule has 0 aliphatic heterocycles. The van der Waals surface area contributed by atoms with Crippen LogP contribution in [0.1, 0.15) is 11.3 Å². The molecule has 1 heterocycles. The SMILES string of the molecule is Cc1cc(SCc2cc(N)cc(F)c2)n(C)n1. The molecule has 0 fully saturated rings. The topological polar surface area (TPSA) is 43.8 Å². The van der Waals surface area contributed by atoms with E-state index in [1.165, 1.54) is 12.1 Å². The number of benzene rings is 1. The molecule has 17 heavy (non-hydrogen) atoms. The first-order valence-corrected chi connectivity index (χ1v) is 6.21. The summed E-state index contributed by atoms with van der Waals surface area (Å²) in [5, 5.41) is 5.32. The summed E-state index contributed by atoms with van der Waals surface area (Å²) in [6, 6.07) is 6.63. The third kappa shape index (κ3) is 3.00. The molecule has 0 saturated carbocycles. The van der Waals surface area contributed by atoms with E-state index < -0.39 is 0 Å². The average molecular weight is 251 g/mol. The van der Waals surface area contributed by atoms with Gasteiger partial charge in [-0.3, -0.25) is 4.68 Å². The molecule has 0 aliphatic carbocycles. The van der Waals surface area contributed by atoms with Gasteiger partial charge in [0.15, 0.2) is 0 Å². The summed E-state index contributed by atoms with van der Waals surface area (Å²) in [5.41, 5.74) is 7.92. The van der Waals surface area contributed by atoms with Gasteiger partial charge < -0.3 is 5.73 Å². The van der Waals surface area contributed by atoms with Crippen LogP contribution in [-0.4, -0.2) is 9.78 Å². The minimum atomic E-state index is -0.290. The lowest BCUT2D eigenvalue weighted by molar-refractivity contribution is 0.627. The number of anilines is 1. The highest BCUT2D eigenvalue weighted by Gasteiger charge is 2.04. The summed E-state index contributed by atoms with van der Waals surface area (Å²) >= 11 is 1.62. The molecule has 5 heteroatoms. The van der Waals surface area contributed by atoms with E-state index in [2.05, 4.69) is 5.10 Å². The van der Waals surface area contributed by atoms with Crippen molar-refractivity contribution in [1.29, 1.82) is 0 Å². The Balaban J connectivity index is 2.09. The van der Waals surface area contributed by atoms with Crippen molar-refractivity contribution in [2.45, 2.75) is 17.7 Å². The molecule has 0 unspecified atom stereocenters. The molecule has 90 valence electrons. The van der Waals surface area contributed by atoms with Crippen LogP contribution in [0.3, 0.4) is 0 Å². The summed E-state index contributed by atoms with van der Waals surface area (Å²) in [6.45, 7) is 1.95. The molecule has 0 amide bonds. The summed E-state index contributed by atoms with van der Waals surface area (Å²) in [7, 11) is 1.90. The third-order valence-electron chi connectivity index (χ3n) is 2.33. The second-order valence-electron chi connectivity index (χ2n) is 3.93. The van der Waals surface area contributed by atoms with Gasteiger partial charge in [-0.1, -0.05) is 0 Å². The Morgan fingerprint density at radius 1 is 1.35 bits per heavy atom. The van der Waals surface area contributed by atoms with Crippen molar-refractivity contribution in [2.75, 3.05) is 5.73 Å². The highest BCUT2D eigenvalue weighted by atomic mass is 32.2. The molecule has 1 aromatic carbocycles. The Hall–Kier alpha value is -1.49. The highest BCUT2D eigenvalue weighted by molar-refractivity contribution is 7.98. The number of halogens is 1. The molecular weight excluding hydrogens is 237 g/mol. The van der Waals surface area contributed by atoms with E-state index in [0.717, 1.165) is 16.3 Å². The number of rotatable bonds is 3. The van der Waals surface area contributed by atoms with Gasteiger partial charge in [0.05, 0.1) is 10.7 Å². The zero-order valence-electron chi connectivity index (χ0n) is 9.77. The number of hydrogen-bond acceptors (Lipinski definition) is 3. The number of aryl methyl sites for hydroxylation is 2. The molecule has 0 atom stereocenters. The van der Waals surface area contributed by atoms with E-state index in [4.69, 9.17) is 5.73 Å². The smallest absolute Gasteiger partial charge is 0.125 e. The maximum Gasteiger partial charge on any atom is 0.125 e. The van der Waals surface area contributed by atoms with Gasteiger partial charge in [0.1, 0.15) is 5.82 Å². The summed E-state index contributed by atoms with van der Waals surface area (Å²) in [6.07, 6.45) is 0. The van der Waals surface area contributed by atoms with Crippen molar-refractivity contribution in [2.24, 2.45) is 7.05 Å². The van der Waals surface area contributed by atoms with E-state index in [0.29, 0.717) is 11.4 Å². The lowest BCUT2D eigenvalue weighted by Crippen LogP contribution is -1.94. The van der Waals surface area contributed by atoms with Crippen molar-refractivity contribution in [1.82, 2.24) is 9.78 Å². The van der Waals surface area contributed by atoms with Gasteiger partial charge in [0.25, 0.3) is 0 Å². The first kappa shape index (κ1) is 12.0. The molecule has 2 aromatic rings. The van der Waals surface area contributed by atoms with Crippen molar-refractivity contribution in [3.63, 3.8) is 0 Å². The van der Waals surface area contributed by atoms with E-state index in [9.17, 15) is 4.39 Å². The normalized spacial score (nSPS) is 10.8. The third-order valence-corrected chi connectivity index (χ3v) is 3.48. The van der Waals surface area contributed by atoms with Crippen LogP contribution in [0.2, 0.25) is 0 Å². The average Bonchev–Trinajstić information content (AvgIpc) is 2.53. The molecular formula is C12H14FN3S. The van der Waals surface area contributed by atoms with Crippen LogP contribution in [0.15, 0.2) is 29.3 Å². The van der Waals surface area contributed by atoms with Crippen molar-refractivity contribution in [3.05, 3.63) is 41.3 Å². The largest absolute Gasteiger partial charge is 0.399 e. The number of aromatic nitrogens is 2. The Labute approximate surface area is 104 Å². The standard InChI is InChI=1S/C12H14FN3S/c1-8-3-12(16(2)15-8)17-7-9-4-10(13)6-11(14)5-9/h3-6H,7,14H2,1-2H3. The minimum Gasteiger partial charge on any atom is -0.399 e. The molecule has 0 aliphatic rings. The first-order chi connectivity index (χ1) is 8.04. The molecule has 2 N–H and O–H groups in total. The van der Waals surface area contributed by atoms with Gasteiger partial charge >= 0.3 is 0 Å². The number of nitrogen functional groups attached to an aromatic ring is 1. The highest BCUT2D eigenvalue weighted by Crippen LogP contribution is 2.24. The van der Waals surface area contributed by atoms with Gasteiger partial charge in [-0.15, -0.1) is 11.8 Å². The van der Waals surface area contributed by atoms with E-state index in [1.54, 1.807) is 17.8 Å². The molecule has 3 nitrogen and oxygen atoms in total. The van der Waals surface area contributed by atoms with Crippen LogP contribution < -0.4 is 5.73 Å². The monoisotopic (exact) mass is 251 g/mol. The lowest BCUT2D eigenvalue weighted by Gasteiger charge is -2.03. The number of nitrogens with zero attached hydrogens (tertiary/aromatic N) is 2. The fraction of sp³-hybridized carbons (Fsp3) is 0.250. The van der Waals surface area contributed by atoms with E-state index in [-0.39, 0.29) is 5.82 Å². The molecule has 0 spiro atoms. The second kappa shape index (κ2) is 4.79. The van der Waals surface area contributed by atoms with Gasteiger partial charge in [-0.25, -0.2) is 4.39 Å². The zero-order chi connectivity index (χ0) is 12.4. The number of thioether (sulfide) groups is 1. The summed E-state index contributed by atoms with van der Waals surface area (Å²) < 4.78 is 15.0. The van der Waals surface area contributed by atoms with Crippen molar-refractivity contribution in [3.8, 4) is 0 Å². The lowest BCUT2D eigenvalue weighted by atomic mass is 10.2. The molecule has 2 rings (SSSR count). The molecule has 0 bridgehead atoms. The van der Waals surface area contributed by atoms with Crippen LogP contribution in [-0.2, 0) is 12.8 Å². The van der Waals surface area contributed by atoms with Gasteiger partial charge in [-0.2, -0.15) is 5.10 Å². The zero-order valence-corrected chi connectivity index (χ0v) is 10.6. The number of nitrogens with two attached hydrogens (primary N) is 1. The maximum atomic E-state index is 13.1. The first-order valence-electron chi connectivity index (χ1n) is 5.23. The quantitative estimate of drug-likeness (QED) is 0.674. The Bertz CT molecular complexity index is 516. The van der Waals surface area contributed by atoms with Crippen LogP contribution in [0, 0.1) is 12.7 Å². The summed E-state index contributed by atoms with van der Waals surface area (Å²) in [5.74, 6) is 0.391. The van der Waals surface area contributed by atoms with Gasteiger partial charge in [0.2, 0.25) is 0 Å². The van der Waals surface area contributed by atoms with Gasteiger partial charge in [-0.05, 0) is 36.8 Å². The Morgan fingerprint density at radius 3 is 2.71 bits per heavy atom. The van der Waals surface area contributed by atoms with Gasteiger partial charge in [0, 0.05) is 18.5 Å². The second-order valence-corrected chi connectivity index (χ2v) is 4.92. The Morgan fingerprint density at radius 2 is 2.12 bits per heavy atom. The fourth-order valence-electron chi connectivity index (χ4n) is 1.64. The Kier molecular flexibility index (Phi) is 3.38. The van der Waals surface area contributed by atoms with Crippen molar-refractivity contribution < 1.29 is 4.39 Å². The minimum absolute atomic E-state index is 0.290. The maximum absolute atomic E-state index is 13.1. The van der Waals surface area contributed by atoms with Crippen LogP contribution in [0.25, 0.3) is 0 Å². The van der Waals surface area contributed by atoms with Crippen LogP contribution in [0.5, 0.6) is 0 Å². The van der Waals surface area contributed by atoms with Crippen LogP contribution >= 0.6 is 11.8 Å².